The number of benzene rings is 1. The van der Waals surface area contributed by atoms with E-state index in [2.05, 4.69) is 35.2 Å². The molecule has 0 radical (unpaired) electrons. The first-order valence-electron chi connectivity index (χ1n) is 7.81. The first kappa shape index (κ1) is 13.1. The van der Waals surface area contributed by atoms with Crippen molar-refractivity contribution in [2.75, 3.05) is 13.1 Å². The predicted octanol–water partition coefficient (Wildman–Crippen LogP) is 3.61. The van der Waals surface area contributed by atoms with Crippen LogP contribution in [-0.4, -0.2) is 30.1 Å². The molecule has 19 heavy (non-hydrogen) atoms. The Hall–Kier alpha value is -0.860. The van der Waals surface area contributed by atoms with Crippen molar-refractivity contribution < 1.29 is 4.74 Å². The van der Waals surface area contributed by atoms with E-state index in [0.717, 1.165) is 19.2 Å². The summed E-state index contributed by atoms with van der Waals surface area (Å²) in [6.45, 7) is 3.16. The van der Waals surface area contributed by atoms with Crippen LogP contribution in [0, 0.1) is 0 Å². The first-order valence-corrected chi connectivity index (χ1v) is 7.81. The second-order valence-electron chi connectivity index (χ2n) is 5.99. The summed E-state index contributed by atoms with van der Waals surface area (Å²) >= 11 is 0. The van der Waals surface area contributed by atoms with Crippen LogP contribution >= 0.6 is 0 Å². The molecule has 0 aromatic heterocycles. The normalized spacial score (nSPS) is 25.8. The van der Waals surface area contributed by atoms with Crippen molar-refractivity contribution in [3.05, 3.63) is 35.9 Å². The van der Waals surface area contributed by atoms with E-state index in [-0.39, 0.29) is 0 Å². The Morgan fingerprint density at radius 2 is 1.79 bits per heavy atom. The topological polar surface area (TPSA) is 12.5 Å². The number of likely N-dealkylation sites (tertiary alicyclic amines) is 1. The summed E-state index contributed by atoms with van der Waals surface area (Å²) in [6, 6.07) is 11.4. The minimum Gasteiger partial charge on any atom is -0.372 e. The van der Waals surface area contributed by atoms with Crippen LogP contribution in [0.15, 0.2) is 30.3 Å². The van der Waals surface area contributed by atoms with E-state index in [1.165, 1.54) is 50.6 Å². The Labute approximate surface area is 116 Å². The van der Waals surface area contributed by atoms with Crippen LogP contribution in [0.1, 0.15) is 44.1 Å². The van der Waals surface area contributed by atoms with Crippen molar-refractivity contribution in [2.45, 2.75) is 57.3 Å². The third-order valence-corrected chi connectivity index (χ3v) is 4.60. The number of hydrogen-bond donors (Lipinski definition) is 0. The van der Waals surface area contributed by atoms with Crippen LogP contribution in [0.4, 0.5) is 0 Å². The summed E-state index contributed by atoms with van der Waals surface area (Å²) in [7, 11) is 0. The molecule has 3 rings (SSSR count). The van der Waals surface area contributed by atoms with Gasteiger partial charge in [-0.25, -0.2) is 0 Å². The standard InChI is InChI=1S/C17H25NO/c1-3-7-15(8-4-1)14-19-17-11-12-18(13-17)16-9-5-2-6-10-16/h1,3-4,7-8,16-17H,2,5-6,9-14H2/t17-/m1/s1. The second kappa shape index (κ2) is 6.53. The summed E-state index contributed by atoms with van der Waals surface area (Å²) in [6.07, 6.45) is 8.77. The maximum absolute atomic E-state index is 6.07. The predicted molar refractivity (Wildman–Crippen MR) is 78.1 cm³/mol. The van der Waals surface area contributed by atoms with Crippen molar-refractivity contribution in [3.8, 4) is 0 Å². The summed E-state index contributed by atoms with van der Waals surface area (Å²) in [5.41, 5.74) is 1.29. The fourth-order valence-electron chi connectivity index (χ4n) is 3.46. The third kappa shape index (κ3) is 3.58. The van der Waals surface area contributed by atoms with Crippen molar-refractivity contribution in [2.24, 2.45) is 0 Å². The van der Waals surface area contributed by atoms with Crippen molar-refractivity contribution in [3.63, 3.8) is 0 Å². The quantitative estimate of drug-likeness (QED) is 0.819. The van der Waals surface area contributed by atoms with E-state index >= 15 is 0 Å². The minimum absolute atomic E-state index is 0.446. The fraction of sp³-hybridized carbons (Fsp3) is 0.647. The monoisotopic (exact) mass is 259 g/mol. The van der Waals surface area contributed by atoms with Crippen LogP contribution in [0.3, 0.4) is 0 Å². The van der Waals surface area contributed by atoms with Gasteiger partial charge in [0.05, 0.1) is 12.7 Å². The molecule has 2 heteroatoms. The molecule has 1 saturated heterocycles. The largest absolute Gasteiger partial charge is 0.372 e. The molecule has 2 fully saturated rings. The van der Waals surface area contributed by atoms with Crippen LogP contribution in [0.25, 0.3) is 0 Å². The highest BCUT2D eigenvalue weighted by molar-refractivity contribution is 5.13. The van der Waals surface area contributed by atoms with Gasteiger partial charge in [0.2, 0.25) is 0 Å². The molecule has 1 aromatic rings. The smallest absolute Gasteiger partial charge is 0.0721 e. The summed E-state index contributed by atoms with van der Waals surface area (Å²) in [4.78, 5) is 2.68. The minimum atomic E-state index is 0.446. The molecule has 1 aliphatic carbocycles. The van der Waals surface area contributed by atoms with E-state index < -0.39 is 0 Å². The molecular formula is C17H25NO. The van der Waals surface area contributed by atoms with Gasteiger partial charge in [0, 0.05) is 19.1 Å². The molecule has 1 atom stereocenters. The molecule has 0 spiro atoms. The Bertz CT molecular complexity index is 372. The average molecular weight is 259 g/mol. The van der Waals surface area contributed by atoms with E-state index in [0.29, 0.717) is 6.10 Å². The van der Waals surface area contributed by atoms with Crippen LogP contribution in [0.5, 0.6) is 0 Å². The molecule has 1 saturated carbocycles. The lowest BCUT2D eigenvalue weighted by Gasteiger charge is -2.30. The number of rotatable bonds is 4. The zero-order valence-electron chi connectivity index (χ0n) is 11.8. The average Bonchev–Trinajstić information content (AvgIpc) is 2.96. The molecule has 2 nitrogen and oxygen atoms in total. The molecule has 0 N–H and O–H groups in total. The van der Waals surface area contributed by atoms with Gasteiger partial charge in [-0.15, -0.1) is 0 Å². The summed E-state index contributed by atoms with van der Waals surface area (Å²) < 4.78 is 6.07. The van der Waals surface area contributed by atoms with Crippen molar-refractivity contribution in [1.82, 2.24) is 4.90 Å². The van der Waals surface area contributed by atoms with Gasteiger partial charge < -0.3 is 4.74 Å². The molecule has 0 amide bonds. The SMILES string of the molecule is c1ccc(CO[C@@H]2CCN(C3CCCCC3)C2)cc1. The lowest BCUT2D eigenvalue weighted by molar-refractivity contribution is 0.0411. The highest BCUT2D eigenvalue weighted by atomic mass is 16.5. The van der Waals surface area contributed by atoms with Crippen LogP contribution in [-0.2, 0) is 11.3 Å². The number of hydrogen-bond acceptors (Lipinski definition) is 2. The Balaban J connectivity index is 1.44. The lowest BCUT2D eigenvalue weighted by atomic mass is 9.94. The van der Waals surface area contributed by atoms with Crippen LogP contribution < -0.4 is 0 Å². The highest BCUT2D eigenvalue weighted by Crippen LogP contribution is 2.26. The zero-order chi connectivity index (χ0) is 12.9. The second-order valence-corrected chi connectivity index (χ2v) is 5.99. The van der Waals surface area contributed by atoms with Crippen LogP contribution in [0.2, 0.25) is 0 Å². The van der Waals surface area contributed by atoms with Gasteiger partial charge in [0.1, 0.15) is 0 Å². The van der Waals surface area contributed by atoms with Gasteiger partial charge in [0.15, 0.2) is 0 Å². The van der Waals surface area contributed by atoms with E-state index in [4.69, 9.17) is 4.74 Å². The van der Waals surface area contributed by atoms with Crippen molar-refractivity contribution in [1.29, 1.82) is 0 Å². The zero-order valence-corrected chi connectivity index (χ0v) is 11.8. The summed E-state index contributed by atoms with van der Waals surface area (Å²) in [5.74, 6) is 0. The van der Waals surface area contributed by atoms with Gasteiger partial charge in [-0.2, -0.15) is 0 Å². The highest BCUT2D eigenvalue weighted by Gasteiger charge is 2.29. The maximum atomic E-state index is 6.07. The van der Waals surface area contributed by atoms with E-state index in [9.17, 15) is 0 Å². The first-order chi connectivity index (χ1) is 9.42. The Kier molecular flexibility index (Phi) is 4.52. The van der Waals surface area contributed by atoms with E-state index in [1.807, 2.05) is 0 Å². The van der Waals surface area contributed by atoms with E-state index in [1.54, 1.807) is 0 Å². The van der Waals surface area contributed by atoms with Gasteiger partial charge in [-0.05, 0) is 24.8 Å². The van der Waals surface area contributed by atoms with Gasteiger partial charge in [-0.3, -0.25) is 4.90 Å². The molecule has 2 aliphatic rings. The van der Waals surface area contributed by atoms with Gasteiger partial charge in [-0.1, -0.05) is 49.6 Å². The molecule has 0 bridgehead atoms. The Morgan fingerprint density at radius 3 is 2.58 bits per heavy atom. The van der Waals surface area contributed by atoms with Gasteiger partial charge >= 0.3 is 0 Å². The molecule has 1 aliphatic heterocycles. The number of nitrogens with zero attached hydrogens (tertiary/aromatic N) is 1. The maximum Gasteiger partial charge on any atom is 0.0721 e. The lowest BCUT2D eigenvalue weighted by Crippen LogP contribution is -2.35. The molecular weight excluding hydrogens is 234 g/mol. The third-order valence-electron chi connectivity index (χ3n) is 4.60. The number of ether oxygens (including phenoxy) is 1. The molecule has 1 heterocycles. The molecule has 0 unspecified atom stereocenters. The molecule has 104 valence electrons. The van der Waals surface area contributed by atoms with Gasteiger partial charge in [0.25, 0.3) is 0 Å². The fourth-order valence-corrected chi connectivity index (χ4v) is 3.46. The molecule has 1 aromatic carbocycles. The Morgan fingerprint density at radius 1 is 1.00 bits per heavy atom. The summed E-state index contributed by atoms with van der Waals surface area (Å²) in [5, 5.41) is 0. The van der Waals surface area contributed by atoms with Crippen molar-refractivity contribution >= 4 is 0 Å².